The second-order valence-corrected chi connectivity index (χ2v) is 10.1. The lowest BCUT2D eigenvalue weighted by Crippen LogP contribution is -2.25. The number of hydrogen-bond donors (Lipinski definition) is 0. The van der Waals surface area contributed by atoms with Crippen LogP contribution in [0, 0.1) is 6.92 Å². The van der Waals surface area contributed by atoms with E-state index in [0.29, 0.717) is 18.3 Å². The zero-order valence-corrected chi connectivity index (χ0v) is 17.6. The van der Waals surface area contributed by atoms with Gasteiger partial charge in [-0.1, -0.05) is 17.7 Å². The minimum Gasteiger partial charge on any atom is -0.496 e. The van der Waals surface area contributed by atoms with E-state index in [2.05, 4.69) is 6.07 Å². The lowest BCUT2D eigenvalue weighted by molar-refractivity contribution is 0.149. The van der Waals surface area contributed by atoms with Crippen molar-refractivity contribution in [1.29, 1.82) is 0 Å². The van der Waals surface area contributed by atoms with E-state index in [1.54, 1.807) is 31.4 Å². The molecule has 4 aliphatic rings. The second-order valence-electron chi connectivity index (χ2n) is 8.44. The number of ether oxygens (including phenoxy) is 2. The summed E-state index contributed by atoms with van der Waals surface area (Å²) in [7, 11) is -2.06. The number of fused-ring (bicyclic) bond motifs is 3. The molecule has 154 valence electrons. The van der Waals surface area contributed by atoms with Gasteiger partial charge in [0.25, 0.3) is 10.1 Å². The minimum atomic E-state index is -3.80. The molecule has 5 nitrogen and oxygen atoms in total. The maximum Gasteiger partial charge on any atom is 0.297 e. The van der Waals surface area contributed by atoms with E-state index in [-0.39, 0.29) is 17.6 Å². The Labute approximate surface area is 172 Å². The van der Waals surface area contributed by atoms with Crippen molar-refractivity contribution in [2.45, 2.75) is 61.9 Å². The van der Waals surface area contributed by atoms with Crippen LogP contribution in [-0.2, 0) is 20.7 Å². The molecule has 3 aliphatic carbocycles. The van der Waals surface area contributed by atoms with Crippen LogP contribution in [0.2, 0.25) is 0 Å². The largest absolute Gasteiger partial charge is 0.496 e. The van der Waals surface area contributed by atoms with E-state index >= 15 is 0 Å². The van der Waals surface area contributed by atoms with Gasteiger partial charge in [-0.05, 0) is 62.6 Å². The standard InChI is InChI=1S/C23H26O5S/c1-14-3-9-19(10-4-14)29(24,25)27-13-18-11-17-12-20(26-2)21-15-5-7-16(8-6-15)22(21)23(17)28-18/h3-4,9-10,12,15-16,18H,5-8,11,13H2,1-2H3. The Balaban J connectivity index is 1.37. The third-order valence-electron chi connectivity index (χ3n) is 6.61. The first-order valence-corrected chi connectivity index (χ1v) is 11.7. The Hall–Kier alpha value is -2.05. The molecule has 0 radical (unpaired) electrons. The highest BCUT2D eigenvalue weighted by molar-refractivity contribution is 7.86. The quantitative estimate of drug-likeness (QED) is 0.676. The highest BCUT2D eigenvalue weighted by Crippen LogP contribution is 2.57. The molecule has 29 heavy (non-hydrogen) atoms. The van der Waals surface area contributed by atoms with Gasteiger partial charge in [0.1, 0.15) is 24.2 Å². The monoisotopic (exact) mass is 414 g/mol. The molecule has 1 aliphatic heterocycles. The Morgan fingerprint density at radius 1 is 1.03 bits per heavy atom. The lowest BCUT2D eigenvalue weighted by atomic mass is 9.66. The number of benzene rings is 2. The fourth-order valence-electron chi connectivity index (χ4n) is 5.17. The highest BCUT2D eigenvalue weighted by Gasteiger charge is 2.41. The van der Waals surface area contributed by atoms with Crippen LogP contribution >= 0.6 is 0 Å². The van der Waals surface area contributed by atoms with Gasteiger partial charge in [0, 0.05) is 23.1 Å². The van der Waals surface area contributed by atoms with Gasteiger partial charge in [-0.3, -0.25) is 4.18 Å². The van der Waals surface area contributed by atoms with Crippen LogP contribution in [0.5, 0.6) is 11.5 Å². The predicted octanol–water partition coefficient (Wildman–Crippen LogP) is 4.47. The number of rotatable bonds is 5. The molecule has 6 heteroatoms. The molecule has 0 spiro atoms. The van der Waals surface area contributed by atoms with Gasteiger partial charge in [-0.25, -0.2) is 0 Å². The molecule has 0 amide bonds. The van der Waals surface area contributed by atoms with Crippen molar-refractivity contribution in [2.75, 3.05) is 13.7 Å². The first kappa shape index (κ1) is 18.9. The molecule has 1 atom stereocenters. The van der Waals surface area contributed by atoms with Crippen LogP contribution in [0.3, 0.4) is 0 Å². The van der Waals surface area contributed by atoms with Crippen LogP contribution in [0.25, 0.3) is 0 Å². The van der Waals surface area contributed by atoms with Crippen LogP contribution < -0.4 is 9.47 Å². The molecule has 0 saturated heterocycles. The molecule has 0 aromatic heterocycles. The first-order chi connectivity index (χ1) is 14.0. The van der Waals surface area contributed by atoms with Crippen molar-refractivity contribution in [3.63, 3.8) is 0 Å². The maximum atomic E-state index is 12.5. The van der Waals surface area contributed by atoms with Gasteiger partial charge in [-0.15, -0.1) is 0 Å². The fraction of sp³-hybridized carbons (Fsp3) is 0.478. The van der Waals surface area contributed by atoms with Crippen LogP contribution in [0.15, 0.2) is 35.2 Å². The summed E-state index contributed by atoms with van der Waals surface area (Å²) >= 11 is 0. The topological polar surface area (TPSA) is 61.8 Å². The van der Waals surface area contributed by atoms with Crippen molar-refractivity contribution in [3.8, 4) is 11.5 Å². The van der Waals surface area contributed by atoms with Crippen molar-refractivity contribution < 1.29 is 22.1 Å². The van der Waals surface area contributed by atoms with Gasteiger partial charge in [0.2, 0.25) is 0 Å². The summed E-state index contributed by atoms with van der Waals surface area (Å²) in [6.45, 7) is 1.93. The molecular formula is C23H26O5S. The number of aryl methyl sites for hydroxylation is 1. The predicted molar refractivity (Wildman–Crippen MR) is 109 cm³/mol. The molecule has 1 heterocycles. The Kier molecular flexibility index (Phi) is 4.59. The van der Waals surface area contributed by atoms with E-state index in [1.165, 1.54) is 36.8 Å². The molecule has 0 N–H and O–H groups in total. The van der Waals surface area contributed by atoms with Gasteiger partial charge in [0.05, 0.1) is 12.0 Å². The van der Waals surface area contributed by atoms with E-state index in [9.17, 15) is 8.42 Å². The molecule has 2 bridgehead atoms. The van der Waals surface area contributed by atoms with Crippen molar-refractivity contribution in [2.24, 2.45) is 0 Å². The molecule has 2 aromatic rings. The first-order valence-electron chi connectivity index (χ1n) is 10.3. The average molecular weight is 415 g/mol. The highest BCUT2D eigenvalue weighted by atomic mass is 32.2. The summed E-state index contributed by atoms with van der Waals surface area (Å²) in [6.07, 6.45) is 5.16. The normalized spacial score (nSPS) is 24.7. The zero-order chi connectivity index (χ0) is 20.2. The summed E-state index contributed by atoms with van der Waals surface area (Å²) in [5.74, 6) is 2.99. The summed E-state index contributed by atoms with van der Waals surface area (Å²) in [5, 5.41) is 0. The van der Waals surface area contributed by atoms with Gasteiger partial charge >= 0.3 is 0 Å². The zero-order valence-electron chi connectivity index (χ0n) is 16.8. The molecule has 1 fully saturated rings. The van der Waals surface area contributed by atoms with Gasteiger partial charge < -0.3 is 9.47 Å². The summed E-state index contributed by atoms with van der Waals surface area (Å²) in [6, 6.07) is 8.78. The molecule has 6 rings (SSSR count). The smallest absolute Gasteiger partial charge is 0.297 e. The summed E-state index contributed by atoms with van der Waals surface area (Å²) in [4.78, 5) is 0.176. The van der Waals surface area contributed by atoms with Crippen LogP contribution in [0.1, 0.15) is 59.8 Å². The Bertz CT molecular complexity index is 1030. The molecule has 2 aromatic carbocycles. The Morgan fingerprint density at radius 2 is 1.69 bits per heavy atom. The molecule has 1 saturated carbocycles. The van der Waals surface area contributed by atoms with Crippen molar-refractivity contribution in [1.82, 2.24) is 0 Å². The summed E-state index contributed by atoms with van der Waals surface area (Å²) in [5.41, 5.74) is 4.74. The van der Waals surface area contributed by atoms with Gasteiger partial charge in [-0.2, -0.15) is 8.42 Å². The SMILES string of the molecule is COc1cc2c(c3c1C1CCC3CC1)OC(COS(=O)(=O)c1ccc(C)cc1)C2. The maximum absolute atomic E-state index is 12.5. The van der Waals surface area contributed by atoms with E-state index in [4.69, 9.17) is 13.7 Å². The van der Waals surface area contributed by atoms with E-state index < -0.39 is 10.1 Å². The average Bonchev–Trinajstić information content (AvgIpc) is 3.16. The molecular weight excluding hydrogens is 388 g/mol. The number of hydrogen-bond acceptors (Lipinski definition) is 5. The fourth-order valence-corrected chi connectivity index (χ4v) is 6.11. The number of methoxy groups -OCH3 is 1. The van der Waals surface area contributed by atoms with Crippen molar-refractivity contribution in [3.05, 3.63) is 52.6 Å². The second kappa shape index (κ2) is 7.03. The third-order valence-corrected chi connectivity index (χ3v) is 7.91. The van der Waals surface area contributed by atoms with Gasteiger partial charge in [0.15, 0.2) is 0 Å². The Morgan fingerprint density at radius 3 is 2.34 bits per heavy atom. The minimum absolute atomic E-state index is 0.00999. The van der Waals surface area contributed by atoms with E-state index in [0.717, 1.165) is 22.6 Å². The van der Waals surface area contributed by atoms with Crippen LogP contribution in [-0.4, -0.2) is 28.2 Å². The van der Waals surface area contributed by atoms with Crippen LogP contribution in [0.4, 0.5) is 0 Å². The van der Waals surface area contributed by atoms with Crippen molar-refractivity contribution >= 4 is 10.1 Å². The van der Waals surface area contributed by atoms with E-state index in [1.807, 2.05) is 6.92 Å². The molecule has 1 unspecified atom stereocenters. The lowest BCUT2D eigenvalue weighted by Gasteiger charge is -2.39. The summed E-state index contributed by atoms with van der Waals surface area (Å²) < 4.78 is 42.4. The third kappa shape index (κ3) is 3.22.